The van der Waals surface area contributed by atoms with E-state index in [1.54, 1.807) is 6.92 Å². The van der Waals surface area contributed by atoms with E-state index in [-0.39, 0.29) is 38.7 Å². The molecule has 182 valence electrons. The van der Waals surface area contributed by atoms with Crippen molar-refractivity contribution in [3.05, 3.63) is 59.7 Å². The minimum atomic E-state index is -1.17. The van der Waals surface area contributed by atoms with Crippen molar-refractivity contribution in [3.63, 3.8) is 0 Å². The number of amides is 2. The first kappa shape index (κ1) is 25.2. The quantitative estimate of drug-likeness (QED) is 0.407. The van der Waals surface area contributed by atoms with Crippen LogP contribution in [0.15, 0.2) is 48.5 Å². The fourth-order valence-corrected chi connectivity index (χ4v) is 3.90. The molecule has 0 saturated heterocycles. The summed E-state index contributed by atoms with van der Waals surface area (Å²) in [5, 5.41) is 14.2. The molecule has 2 unspecified atom stereocenters. The zero-order chi connectivity index (χ0) is 24.5. The summed E-state index contributed by atoms with van der Waals surface area (Å²) in [5.41, 5.74) is 4.61. The van der Waals surface area contributed by atoms with E-state index in [0.717, 1.165) is 22.3 Å². The van der Waals surface area contributed by atoms with Gasteiger partial charge in [-0.05, 0) is 29.2 Å². The predicted octanol–water partition coefficient (Wildman–Crippen LogP) is 2.54. The number of carbonyl (C=O) groups is 3. The summed E-state index contributed by atoms with van der Waals surface area (Å²) >= 11 is 0. The van der Waals surface area contributed by atoms with Crippen molar-refractivity contribution in [3.8, 4) is 11.1 Å². The molecule has 2 aromatic rings. The molecule has 0 spiro atoms. The van der Waals surface area contributed by atoms with Crippen LogP contribution in [0.4, 0.5) is 4.79 Å². The predicted molar refractivity (Wildman–Crippen MR) is 125 cm³/mol. The van der Waals surface area contributed by atoms with Gasteiger partial charge in [0, 0.05) is 26.0 Å². The van der Waals surface area contributed by atoms with Crippen LogP contribution in [0.25, 0.3) is 11.1 Å². The number of hydrogen-bond acceptors (Lipinski definition) is 6. The van der Waals surface area contributed by atoms with Gasteiger partial charge in [-0.25, -0.2) is 9.59 Å². The maximum atomic E-state index is 12.1. The lowest BCUT2D eigenvalue weighted by atomic mass is 9.98. The number of methoxy groups -OCH3 is 1. The maximum absolute atomic E-state index is 12.1. The molecule has 9 nitrogen and oxygen atoms in total. The number of fused-ring (bicyclic) bond motifs is 3. The first-order valence-electron chi connectivity index (χ1n) is 11.1. The average molecular weight is 471 g/mol. The third-order valence-corrected chi connectivity index (χ3v) is 5.76. The van der Waals surface area contributed by atoms with Crippen LogP contribution in [0.1, 0.15) is 30.4 Å². The van der Waals surface area contributed by atoms with Gasteiger partial charge in [0.2, 0.25) is 5.91 Å². The normalized spacial score (nSPS) is 13.9. The standard InChI is InChI=1S/C25H30N2O7/c1-16(32-2)23(24(29)30)27-22(28)11-13-33-14-12-26-25(31)34-15-21-19-9-5-3-7-17(19)18-8-4-6-10-20(18)21/h3-10,16,21,23H,11-15H2,1-2H3,(H,26,31)(H,27,28)(H,29,30). The Morgan fingerprint density at radius 2 is 1.62 bits per heavy atom. The number of hydrogen-bond donors (Lipinski definition) is 3. The zero-order valence-electron chi connectivity index (χ0n) is 19.3. The molecule has 2 amide bonds. The van der Waals surface area contributed by atoms with Gasteiger partial charge in [-0.15, -0.1) is 0 Å². The molecule has 0 aromatic heterocycles. The third kappa shape index (κ3) is 6.33. The van der Waals surface area contributed by atoms with Crippen LogP contribution < -0.4 is 10.6 Å². The number of carbonyl (C=O) groups excluding carboxylic acids is 2. The molecular formula is C25H30N2O7. The van der Waals surface area contributed by atoms with E-state index >= 15 is 0 Å². The minimum absolute atomic E-state index is 0.00877. The zero-order valence-corrected chi connectivity index (χ0v) is 19.3. The van der Waals surface area contributed by atoms with Crippen molar-refractivity contribution in [2.75, 3.05) is 33.5 Å². The van der Waals surface area contributed by atoms with Gasteiger partial charge in [-0.3, -0.25) is 4.79 Å². The molecule has 3 N–H and O–H groups in total. The van der Waals surface area contributed by atoms with Gasteiger partial charge in [0.25, 0.3) is 0 Å². The summed E-state index contributed by atoms with van der Waals surface area (Å²) in [6.45, 7) is 2.28. The van der Waals surface area contributed by atoms with E-state index in [2.05, 4.69) is 34.9 Å². The summed E-state index contributed by atoms with van der Waals surface area (Å²) in [4.78, 5) is 35.2. The lowest BCUT2D eigenvalue weighted by Gasteiger charge is -2.20. The van der Waals surface area contributed by atoms with Crippen LogP contribution in [-0.2, 0) is 23.8 Å². The van der Waals surface area contributed by atoms with Gasteiger partial charge in [0.15, 0.2) is 6.04 Å². The van der Waals surface area contributed by atoms with E-state index in [0.29, 0.717) is 0 Å². The van der Waals surface area contributed by atoms with Crippen molar-refractivity contribution in [2.45, 2.75) is 31.4 Å². The fraction of sp³-hybridized carbons (Fsp3) is 0.400. The largest absolute Gasteiger partial charge is 0.480 e. The number of carboxylic acid groups (broad SMARTS) is 1. The average Bonchev–Trinajstić information content (AvgIpc) is 3.16. The van der Waals surface area contributed by atoms with Crippen molar-refractivity contribution < 1.29 is 33.7 Å². The Labute approximate surface area is 198 Å². The topological polar surface area (TPSA) is 123 Å². The Morgan fingerprint density at radius 3 is 2.21 bits per heavy atom. The second kappa shape index (κ2) is 12.2. The lowest BCUT2D eigenvalue weighted by Crippen LogP contribution is -2.48. The molecule has 1 aliphatic carbocycles. The van der Waals surface area contributed by atoms with Crippen LogP contribution >= 0.6 is 0 Å². The number of rotatable bonds is 12. The SMILES string of the molecule is COC(C)C(NC(=O)CCOCCNC(=O)OCC1c2ccccc2-c2ccccc21)C(=O)O. The number of benzene rings is 2. The van der Waals surface area contributed by atoms with E-state index in [9.17, 15) is 14.4 Å². The molecule has 0 heterocycles. The number of carboxylic acids is 1. The maximum Gasteiger partial charge on any atom is 0.407 e. The minimum Gasteiger partial charge on any atom is -0.480 e. The summed E-state index contributed by atoms with van der Waals surface area (Å²) in [6, 6.07) is 15.1. The van der Waals surface area contributed by atoms with Crippen LogP contribution in [-0.4, -0.2) is 68.7 Å². The highest BCUT2D eigenvalue weighted by atomic mass is 16.5. The van der Waals surface area contributed by atoms with Crippen molar-refractivity contribution in [1.82, 2.24) is 10.6 Å². The summed E-state index contributed by atoms with van der Waals surface area (Å²) < 4.78 is 15.8. The molecule has 0 radical (unpaired) electrons. The molecule has 9 heteroatoms. The van der Waals surface area contributed by atoms with Crippen molar-refractivity contribution in [1.29, 1.82) is 0 Å². The highest BCUT2D eigenvalue weighted by Crippen LogP contribution is 2.44. The Balaban J connectivity index is 1.34. The summed E-state index contributed by atoms with van der Waals surface area (Å²) in [7, 11) is 1.37. The van der Waals surface area contributed by atoms with Gasteiger partial charge in [0.1, 0.15) is 6.61 Å². The van der Waals surface area contributed by atoms with Crippen LogP contribution in [0, 0.1) is 0 Å². The Hall–Kier alpha value is -3.43. The highest BCUT2D eigenvalue weighted by Gasteiger charge is 2.29. The number of aliphatic carboxylic acids is 1. The molecule has 0 bridgehead atoms. The molecule has 3 rings (SSSR count). The molecule has 0 aliphatic heterocycles. The summed E-state index contributed by atoms with van der Waals surface area (Å²) in [5.74, 6) is -1.64. The molecule has 0 saturated carbocycles. The Bertz CT molecular complexity index is 965. The Kier molecular flexibility index (Phi) is 9.00. The number of alkyl carbamates (subject to hydrolysis) is 1. The second-order valence-electron chi connectivity index (χ2n) is 7.94. The van der Waals surface area contributed by atoms with Crippen LogP contribution in [0.3, 0.4) is 0 Å². The molecular weight excluding hydrogens is 440 g/mol. The summed E-state index contributed by atoms with van der Waals surface area (Å²) in [6.07, 6.45) is -1.21. The highest BCUT2D eigenvalue weighted by molar-refractivity contribution is 5.84. The number of nitrogens with one attached hydrogen (secondary N) is 2. The second-order valence-corrected chi connectivity index (χ2v) is 7.94. The first-order chi connectivity index (χ1) is 16.4. The van der Waals surface area contributed by atoms with E-state index in [4.69, 9.17) is 19.3 Å². The molecule has 34 heavy (non-hydrogen) atoms. The number of ether oxygens (including phenoxy) is 3. The smallest absolute Gasteiger partial charge is 0.407 e. The van der Waals surface area contributed by atoms with Crippen molar-refractivity contribution in [2.24, 2.45) is 0 Å². The molecule has 1 aliphatic rings. The molecule has 0 fully saturated rings. The van der Waals surface area contributed by atoms with Gasteiger partial charge < -0.3 is 30.0 Å². The van der Waals surface area contributed by atoms with E-state index < -0.39 is 30.1 Å². The van der Waals surface area contributed by atoms with Gasteiger partial charge in [0.05, 0.1) is 19.3 Å². The van der Waals surface area contributed by atoms with E-state index in [1.165, 1.54) is 7.11 Å². The van der Waals surface area contributed by atoms with Gasteiger partial charge >= 0.3 is 12.1 Å². The molecule has 2 atom stereocenters. The molecule has 2 aromatic carbocycles. The first-order valence-corrected chi connectivity index (χ1v) is 11.1. The van der Waals surface area contributed by atoms with E-state index in [1.807, 2.05) is 24.3 Å². The lowest BCUT2D eigenvalue weighted by molar-refractivity contribution is -0.145. The third-order valence-electron chi connectivity index (χ3n) is 5.76. The monoisotopic (exact) mass is 470 g/mol. The van der Waals surface area contributed by atoms with Crippen molar-refractivity contribution >= 4 is 18.0 Å². The van der Waals surface area contributed by atoms with Crippen LogP contribution in [0.5, 0.6) is 0 Å². The van der Waals surface area contributed by atoms with Crippen LogP contribution in [0.2, 0.25) is 0 Å². The van der Waals surface area contributed by atoms with Gasteiger partial charge in [-0.2, -0.15) is 0 Å². The van der Waals surface area contributed by atoms with Gasteiger partial charge in [-0.1, -0.05) is 48.5 Å². The fourth-order valence-electron chi connectivity index (χ4n) is 3.90. The Morgan fingerprint density at radius 1 is 1.00 bits per heavy atom.